The Bertz CT molecular complexity index is 904. The molecule has 1 aromatic carbocycles. The fraction of sp³-hybridized carbons (Fsp3) is 0.350. The number of thiophene rings is 1. The largest absolute Gasteiger partial charge is 0.465 e. The Morgan fingerprint density at radius 3 is 2.62 bits per heavy atom. The number of benzene rings is 1. The van der Waals surface area contributed by atoms with Crippen LogP contribution >= 0.6 is 23.1 Å². The molecule has 6 heteroatoms. The maximum Gasteiger partial charge on any atom is 0.319 e. The van der Waals surface area contributed by atoms with Crippen LogP contribution in [0.3, 0.4) is 0 Å². The van der Waals surface area contributed by atoms with Crippen molar-refractivity contribution in [2.45, 2.75) is 38.0 Å². The third-order valence-corrected chi connectivity index (χ3v) is 5.84. The van der Waals surface area contributed by atoms with Gasteiger partial charge in [0.1, 0.15) is 21.4 Å². The lowest BCUT2D eigenvalue weighted by Gasteiger charge is -2.13. The Labute approximate surface area is 162 Å². The molecular weight excluding hydrogens is 364 g/mol. The molecule has 4 nitrogen and oxygen atoms in total. The minimum absolute atomic E-state index is 0.206. The molecular formula is C20H22N2O2S2. The summed E-state index contributed by atoms with van der Waals surface area (Å²) in [4.78, 5) is 22.0. The van der Waals surface area contributed by atoms with E-state index in [0.29, 0.717) is 12.5 Å². The van der Waals surface area contributed by atoms with Gasteiger partial charge in [-0.3, -0.25) is 4.79 Å². The number of nitrogens with zero attached hydrogens (tertiary/aromatic N) is 2. The number of thioether (sulfide) groups is 1. The first-order chi connectivity index (χ1) is 12.5. The summed E-state index contributed by atoms with van der Waals surface area (Å²) in [6, 6.07) is 8.42. The SMILES string of the molecule is Cc1ccc(-c2csc3ncnc(SC(C)C(=O)OCC(C)C)c23)cc1. The van der Waals surface area contributed by atoms with E-state index in [1.165, 1.54) is 17.3 Å². The molecule has 0 saturated heterocycles. The molecule has 1 atom stereocenters. The van der Waals surface area contributed by atoms with E-state index in [-0.39, 0.29) is 11.2 Å². The van der Waals surface area contributed by atoms with E-state index in [1.807, 2.05) is 20.8 Å². The molecule has 0 saturated carbocycles. The summed E-state index contributed by atoms with van der Waals surface area (Å²) in [6.45, 7) is 8.43. The summed E-state index contributed by atoms with van der Waals surface area (Å²) < 4.78 is 5.36. The van der Waals surface area contributed by atoms with Crippen LogP contribution in [0.4, 0.5) is 0 Å². The maximum absolute atomic E-state index is 12.2. The van der Waals surface area contributed by atoms with Crippen LogP contribution in [-0.2, 0) is 9.53 Å². The summed E-state index contributed by atoms with van der Waals surface area (Å²) in [5.41, 5.74) is 3.46. The zero-order chi connectivity index (χ0) is 18.7. The smallest absolute Gasteiger partial charge is 0.319 e. The summed E-state index contributed by atoms with van der Waals surface area (Å²) in [5.74, 6) is 0.120. The van der Waals surface area contributed by atoms with Gasteiger partial charge in [0.2, 0.25) is 0 Å². The van der Waals surface area contributed by atoms with Gasteiger partial charge in [0.15, 0.2) is 0 Å². The molecule has 0 aliphatic rings. The van der Waals surface area contributed by atoms with Gasteiger partial charge < -0.3 is 4.74 Å². The minimum Gasteiger partial charge on any atom is -0.465 e. The number of hydrogen-bond acceptors (Lipinski definition) is 6. The highest BCUT2D eigenvalue weighted by Gasteiger charge is 2.21. The molecule has 26 heavy (non-hydrogen) atoms. The highest BCUT2D eigenvalue weighted by molar-refractivity contribution is 8.00. The summed E-state index contributed by atoms with van der Waals surface area (Å²) in [6.07, 6.45) is 1.56. The van der Waals surface area contributed by atoms with Gasteiger partial charge in [-0.1, -0.05) is 55.4 Å². The van der Waals surface area contributed by atoms with Crippen LogP contribution in [0.1, 0.15) is 26.3 Å². The van der Waals surface area contributed by atoms with Gasteiger partial charge in [-0.25, -0.2) is 9.97 Å². The Morgan fingerprint density at radius 2 is 1.92 bits per heavy atom. The number of aromatic nitrogens is 2. The minimum atomic E-state index is -0.322. The lowest BCUT2D eigenvalue weighted by Crippen LogP contribution is -2.19. The van der Waals surface area contributed by atoms with Crippen molar-refractivity contribution in [3.8, 4) is 11.1 Å². The van der Waals surface area contributed by atoms with Crippen LogP contribution in [0.5, 0.6) is 0 Å². The van der Waals surface area contributed by atoms with Gasteiger partial charge in [0, 0.05) is 10.9 Å². The first-order valence-corrected chi connectivity index (χ1v) is 10.3. The molecule has 3 rings (SSSR count). The normalized spacial score (nSPS) is 12.5. The van der Waals surface area contributed by atoms with Crippen molar-refractivity contribution in [1.82, 2.24) is 9.97 Å². The Morgan fingerprint density at radius 1 is 1.19 bits per heavy atom. The van der Waals surface area contributed by atoms with E-state index >= 15 is 0 Å². The van der Waals surface area contributed by atoms with E-state index < -0.39 is 0 Å². The van der Waals surface area contributed by atoms with E-state index in [4.69, 9.17) is 4.74 Å². The van der Waals surface area contributed by atoms with E-state index in [2.05, 4.69) is 46.5 Å². The van der Waals surface area contributed by atoms with Crippen LogP contribution in [0.15, 0.2) is 41.0 Å². The molecule has 136 valence electrons. The molecule has 3 aromatic rings. The monoisotopic (exact) mass is 386 g/mol. The van der Waals surface area contributed by atoms with Crippen molar-refractivity contribution in [3.05, 3.63) is 41.5 Å². The standard InChI is InChI=1S/C20H22N2O2S2/c1-12(2)9-24-20(23)14(4)26-19-17-16(10-25-18(17)21-11-22-19)15-7-5-13(3)6-8-15/h5-8,10-12,14H,9H2,1-4H3. The average molecular weight is 387 g/mol. The molecule has 0 spiro atoms. The van der Waals surface area contributed by atoms with Gasteiger partial charge >= 0.3 is 5.97 Å². The number of carbonyl (C=O) groups is 1. The molecule has 0 radical (unpaired) electrons. The fourth-order valence-electron chi connectivity index (χ4n) is 2.46. The average Bonchev–Trinajstić information content (AvgIpc) is 3.05. The quantitative estimate of drug-likeness (QED) is 0.325. The number of carbonyl (C=O) groups excluding carboxylic acids is 1. The number of esters is 1. The second-order valence-corrected chi connectivity index (χ2v) is 8.85. The van der Waals surface area contributed by atoms with Crippen molar-refractivity contribution >= 4 is 39.3 Å². The molecule has 2 aromatic heterocycles. The number of ether oxygens (including phenoxy) is 1. The summed E-state index contributed by atoms with van der Waals surface area (Å²) in [7, 11) is 0. The van der Waals surface area contributed by atoms with E-state index in [9.17, 15) is 4.79 Å². The fourth-order valence-corrected chi connectivity index (χ4v) is 4.38. The lowest BCUT2D eigenvalue weighted by atomic mass is 10.1. The molecule has 0 amide bonds. The van der Waals surface area contributed by atoms with Crippen molar-refractivity contribution in [1.29, 1.82) is 0 Å². The zero-order valence-corrected chi connectivity index (χ0v) is 17.0. The number of aryl methyl sites for hydroxylation is 1. The molecule has 2 heterocycles. The van der Waals surface area contributed by atoms with Crippen LogP contribution < -0.4 is 0 Å². The summed E-state index contributed by atoms with van der Waals surface area (Å²) >= 11 is 3.03. The molecule has 0 bridgehead atoms. The number of fused-ring (bicyclic) bond motifs is 1. The van der Waals surface area contributed by atoms with Gasteiger partial charge in [0.05, 0.1) is 12.0 Å². The molecule has 0 N–H and O–H groups in total. The van der Waals surface area contributed by atoms with E-state index in [0.717, 1.165) is 26.4 Å². The molecule has 0 aliphatic heterocycles. The third-order valence-electron chi connectivity index (χ3n) is 3.88. The molecule has 0 aliphatic carbocycles. The van der Waals surface area contributed by atoms with Crippen molar-refractivity contribution in [2.24, 2.45) is 5.92 Å². The molecule has 1 unspecified atom stereocenters. The third kappa shape index (κ3) is 4.24. The Hall–Kier alpha value is -1.92. The second kappa shape index (κ2) is 8.18. The topological polar surface area (TPSA) is 52.1 Å². The maximum atomic E-state index is 12.2. The first kappa shape index (κ1) is 18.9. The van der Waals surface area contributed by atoms with Gasteiger partial charge in [-0.2, -0.15) is 0 Å². The van der Waals surface area contributed by atoms with Crippen LogP contribution in [0.25, 0.3) is 21.3 Å². The van der Waals surface area contributed by atoms with Crippen LogP contribution in [0, 0.1) is 12.8 Å². The van der Waals surface area contributed by atoms with Crippen molar-refractivity contribution in [3.63, 3.8) is 0 Å². The summed E-state index contributed by atoms with van der Waals surface area (Å²) in [5, 5.41) is 3.61. The van der Waals surface area contributed by atoms with Crippen LogP contribution in [0.2, 0.25) is 0 Å². The highest BCUT2D eigenvalue weighted by atomic mass is 32.2. The van der Waals surface area contributed by atoms with Gasteiger partial charge in [-0.05, 0) is 25.3 Å². The van der Waals surface area contributed by atoms with Crippen LogP contribution in [-0.4, -0.2) is 27.8 Å². The number of rotatable bonds is 6. The van der Waals surface area contributed by atoms with Crippen molar-refractivity contribution in [2.75, 3.05) is 6.61 Å². The highest BCUT2D eigenvalue weighted by Crippen LogP contribution is 2.39. The number of hydrogen-bond donors (Lipinski definition) is 0. The van der Waals surface area contributed by atoms with Gasteiger partial charge in [0.25, 0.3) is 0 Å². The first-order valence-electron chi connectivity index (χ1n) is 8.58. The Kier molecular flexibility index (Phi) is 5.94. The second-order valence-electron chi connectivity index (χ2n) is 6.66. The van der Waals surface area contributed by atoms with Crippen molar-refractivity contribution < 1.29 is 9.53 Å². The van der Waals surface area contributed by atoms with Gasteiger partial charge in [-0.15, -0.1) is 11.3 Å². The van der Waals surface area contributed by atoms with E-state index in [1.54, 1.807) is 17.7 Å². The predicted octanol–water partition coefficient (Wildman–Crippen LogP) is 5.35. The molecule has 0 fully saturated rings. The predicted molar refractivity (Wildman–Crippen MR) is 109 cm³/mol. The Balaban J connectivity index is 1.90. The lowest BCUT2D eigenvalue weighted by molar-refractivity contribution is -0.143. The zero-order valence-electron chi connectivity index (χ0n) is 15.4.